The maximum Gasteiger partial charge on any atom is 0.408 e. The molecule has 3 nitrogen and oxygen atoms in total. The average molecular weight is 169 g/mol. The highest BCUT2D eigenvalue weighted by molar-refractivity contribution is 5.67. The second-order valence-electron chi connectivity index (χ2n) is 3.67. The van der Waals surface area contributed by atoms with Crippen LogP contribution in [0.4, 0.5) is 4.79 Å². The third-order valence-corrected chi connectivity index (χ3v) is 1.56. The Morgan fingerprint density at radius 2 is 2.00 bits per heavy atom. The van der Waals surface area contributed by atoms with E-state index >= 15 is 0 Å². The van der Waals surface area contributed by atoms with E-state index in [0.29, 0.717) is 0 Å². The summed E-state index contributed by atoms with van der Waals surface area (Å²) in [5, 5.41) is 8.84. The van der Waals surface area contributed by atoms with E-state index in [1.54, 1.807) is 6.92 Å². The van der Waals surface area contributed by atoms with Crippen LogP contribution in [0.5, 0.6) is 0 Å². The number of carboxylic acid groups (broad SMARTS) is 1. The highest BCUT2D eigenvalue weighted by atomic mass is 16.4. The van der Waals surface area contributed by atoms with Crippen LogP contribution >= 0.6 is 0 Å². The molecule has 0 aromatic heterocycles. The molecule has 0 fully saturated rings. The van der Waals surface area contributed by atoms with Gasteiger partial charge in [0.05, 0.1) is 6.04 Å². The van der Waals surface area contributed by atoms with Crippen LogP contribution in [0.2, 0.25) is 0 Å². The Bertz CT molecular complexity index is 210. The monoisotopic (exact) mass is 169 g/mol. The van der Waals surface area contributed by atoms with Crippen LogP contribution in [-0.4, -0.2) is 27.7 Å². The fraction of sp³-hybridized carbons (Fsp3) is 0.667. The number of hydrogen-bond acceptors (Lipinski definition) is 1. The average Bonchev–Trinajstić information content (AvgIpc) is 1.83. The second kappa shape index (κ2) is 3.48. The molecule has 12 heavy (non-hydrogen) atoms. The minimum atomic E-state index is -0.979. The maximum atomic E-state index is 10.8. The van der Waals surface area contributed by atoms with Crippen molar-refractivity contribution in [3.63, 3.8) is 0 Å². The third kappa shape index (κ3) is 2.46. The summed E-state index contributed by atoms with van der Waals surface area (Å²) in [5.74, 6) is 2.40. The normalized spacial score (nSPS) is 13.2. The molecule has 0 saturated carbocycles. The van der Waals surface area contributed by atoms with Crippen LogP contribution in [0, 0.1) is 12.3 Å². The molecule has 0 rings (SSSR count). The van der Waals surface area contributed by atoms with Crippen molar-refractivity contribution in [1.29, 1.82) is 0 Å². The Morgan fingerprint density at radius 3 is 2.08 bits per heavy atom. The summed E-state index contributed by atoms with van der Waals surface area (Å²) >= 11 is 0. The van der Waals surface area contributed by atoms with Gasteiger partial charge >= 0.3 is 6.09 Å². The van der Waals surface area contributed by atoms with E-state index in [4.69, 9.17) is 11.5 Å². The van der Waals surface area contributed by atoms with Gasteiger partial charge in [0.1, 0.15) is 0 Å². The maximum absolute atomic E-state index is 10.8. The summed E-state index contributed by atoms with van der Waals surface area (Å²) in [7, 11) is 0. The lowest BCUT2D eigenvalue weighted by molar-refractivity contribution is 0.0900. The molecule has 0 aliphatic heterocycles. The predicted molar refractivity (Wildman–Crippen MR) is 47.9 cm³/mol. The Hall–Kier alpha value is -1.17. The van der Waals surface area contributed by atoms with E-state index in [1.165, 1.54) is 4.90 Å². The summed E-state index contributed by atoms with van der Waals surface area (Å²) in [6, 6.07) is -0.387. The number of carbonyl (C=O) groups is 1. The number of terminal acetylenes is 1. The topological polar surface area (TPSA) is 40.5 Å². The van der Waals surface area contributed by atoms with Gasteiger partial charge in [-0.15, -0.1) is 6.42 Å². The van der Waals surface area contributed by atoms with Gasteiger partial charge in [0.25, 0.3) is 0 Å². The van der Waals surface area contributed by atoms with E-state index in [0.717, 1.165) is 0 Å². The van der Waals surface area contributed by atoms with Crippen molar-refractivity contribution in [1.82, 2.24) is 4.90 Å². The van der Waals surface area contributed by atoms with Gasteiger partial charge in [0.2, 0.25) is 0 Å². The highest BCUT2D eigenvalue weighted by Crippen LogP contribution is 2.16. The van der Waals surface area contributed by atoms with E-state index in [-0.39, 0.29) is 6.04 Å². The lowest BCUT2D eigenvalue weighted by Gasteiger charge is -2.35. The minimum Gasteiger partial charge on any atom is -0.465 e. The van der Waals surface area contributed by atoms with Gasteiger partial charge in [-0.25, -0.2) is 4.79 Å². The summed E-state index contributed by atoms with van der Waals surface area (Å²) in [5.41, 5.74) is -0.447. The SMILES string of the molecule is C#CC(C)N(C(=O)O)C(C)(C)C. The van der Waals surface area contributed by atoms with Crippen LogP contribution in [-0.2, 0) is 0 Å². The highest BCUT2D eigenvalue weighted by Gasteiger charge is 2.29. The van der Waals surface area contributed by atoms with Crippen LogP contribution in [0.1, 0.15) is 27.7 Å². The predicted octanol–water partition coefficient (Wildman–Crippen LogP) is 1.79. The zero-order chi connectivity index (χ0) is 9.94. The van der Waals surface area contributed by atoms with E-state index in [9.17, 15) is 4.79 Å². The Labute approximate surface area is 73.4 Å². The lowest BCUT2D eigenvalue weighted by atomic mass is 10.0. The molecule has 0 aromatic carbocycles. The number of nitrogens with zero attached hydrogens (tertiary/aromatic N) is 1. The zero-order valence-electron chi connectivity index (χ0n) is 7.96. The van der Waals surface area contributed by atoms with Gasteiger partial charge in [-0.3, -0.25) is 4.90 Å². The molecule has 0 saturated heterocycles. The molecule has 0 spiro atoms. The molecule has 1 atom stereocenters. The van der Waals surface area contributed by atoms with Crippen LogP contribution in [0.15, 0.2) is 0 Å². The van der Waals surface area contributed by atoms with Gasteiger partial charge in [0, 0.05) is 5.54 Å². The Morgan fingerprint density at radius 1 is 1.58 bits per heavy atom. The molecule has 0 aromatic rings. The Kier molecular flexibility index (Phi) is 3.15. The standard InChI is InChI=1S/C9H15NO2/c1-6-7(2)10(8(11)12)9(3,4)5/h1,7H,2-5H3,(H,11,12). The number of amides is 1. The summed E-state index contributed by atoms with van der Waals surface area (Å²) < 4.78 is 0. The fourth-order valence-electron chi connectivity index (χ4n) is 1.11. The summed E-state index contributed by atoms with van der Waals surface area (Å²) in [6.45, 7) is 7.14. The number of hydrogen-bond donors (Lipinski definition) is 1. The lowest BCUT2D eigenvalue weighted by Crippen LogP contribution is -2.49. The summed E-state index contributed by atoms with van der Waals surface area (Å²) in [4.78, 5) is 12.0. The smallest absolute Gasteiger partial charge is 0.408 e. The Balaban J connectivity index is 4.71. The van der Waals surface area contributed by atoms with Gasteiger partial charge in [-0.05, 0) is 27.7 Å². The molecule has 1 unspecified atom stereocenters. The van der Waals surface area contributed by atoms with Crippen LogP contribution in [0.3, 0.4) is 0 Å². The van der Waals surface area contributed by atoms with Crippen molar-refractivity contribution < 1.29 is 9.90 Å². The van der Waals surface area contributed by atoms with E-state index in [2.05, 4.69) is 5.92 Å². The quantitative estimate of drug-likeness (QED) is 0.608. The first-order valence-corrected chi connectivity index (χ1v) is 3.79. The van der Waals surface area contributed by atoms with Crippen LogP contribution in [0.25, 0.3) is 0 Å². The molecule has 3 heteroatoms. The largest absolute Gasteiger partial charge is 0.465 e. The van der Waals surface area contributed by atoms with Crippen molar-refractivity contribution in [3.8, 4) is 12.3 Å². The molecule has 0 bridgehead atoms. The fourth-order valence-corrected chi connectivity index (χ4v) is 1.11. The molecule has 0 aliphatic rings. The second-order valence-corrected chi connectivity index (χ2v) is 3.67. The first-order chi connectivity index (χ1) is 5.30. The van der Waals surface area contributed by atoms with Crippen molar-refractivity contribution in [2.45, 2.75) is 39.3 Å². The van der Waals surface area contributed by atoms with Crippen molar-refractivity contribution in [2.75, 3.05) is 0 Å². The molecule has 68 valence electrons. The van der Waals surface area contributed by atoms with Crippen molar-refractivity contribution in [2.24, 2.45) is 0 Å². The van der Waals surface area contributed by atoms with Gasteiger partial charge in [-0.1, -0.05) is 5.92 Å². The van der Waals surface area contributed by atoms with E-state index in [1.807, 2.05) is 20.8 Å². The first kappa shape index (κ1) is 10.8. The molecule has 0 heterocycles. The molecule has 0 aliphatic carbocycles. The van der Waals surface area contributed by atoms with Gasteiger partial charge < -0.3 is 5.11 Å². The number of rotatable bonds is 1. The molecule has 0 radical (unpaired) electrons. The molecule has 1 N–H and O–H groups in total. The molecular formula is C9H15NO2. The first-order valence-electron chi connectivity index (χ1n) is 3.79. The molecule has 1 amide bonds. The zero-order valence-corrected chi connectivity index (χ0v) is 7.96. The van der Waals surface area contributed by atoms with Crippen LogP contribution < -0.4 is 0 Å². The van der Waals surface area contributed by atoms with Gasteiger partial charge in [0.15, 0.2) is 0 Å². The molecular weight excluding hydrogens is 154 g/mol. The summed E-state index contributed by atoms with van der Waals surface area (Å²) in [6.07, 6.45) is 4.17. The van der Waals surface area contributed by atoms with Crippen molar-refractivity contribution in [3.05, 3.63) is 0 Å². The minimum absolute atomic E-state index is 0.387. The van der Waals surface area contributed by atoms with E-state index < -0.39 is 11.6 Å². The third-order valence-electron chi connectivity index (χ3n) is 1.56. The van der Waals surface area contributed by atoms with Gasteiger partial charge in [-0.2, -0.15) is 0 Å². The van der Waals surface area contributed by atoms with Crippen molar-refractivity contribution >= 4 is 6.09 Å².